The van der Waals surface area contributed by atoms with Crippen LogP contribution < -0.4 is 0 Å². The SMILES string of the molecule is C[C@@H](O[Si](C)(C)C(C)(C)C)[C@@H](O)[C@H]1C[C@H](O)C(=O)O1. The smallest absolute Gasteiger partial charge is 0.335 e. The van der Waals surface area contributed by atoms with Crippen LogP contribution in [-0.2, 0) is 14.0 Å². The first-order valence-corrected chi connectivity index (χ1v) is 9.61. The molecule has 1 aliphatic rings. The Labute approximate surface area is 116 Å². The van der Waals surface area contributed by atoms with Crippen molar-refractivity contribution in [2.75, 3.05) is 0 Å². The van der Waals surface area contributed by atoms with E-state index in [1.165, 1.54) is 0 Å². The van der Waals surface area contributed by atoms with Crippen LogP contribution in [0, 0.1) is 0 Å². The third kappa shape index (κ3) is 3.78. The Kier molecular flexibility index (Phi) is 4.82. The van der Waals surface area contributed by atoms with Gasteiger partial charge in [0.25, 0.3) is 0 Å². The Morgan fingerprint density at radius 3 is 2.32 bits per heavy atom. The number of hydrogen-bond acceptors (Lipinski definition) is 5. The summed E-state index contributed by atoms with van der Waals surface area (Å²) in [4.78, 5) is 11.1. The number of esters is 1. The summed E-state index contributed by atoms with van der Waals surface area (Å²) >= 11 is 0. The zero-order valence-corrected chi connectivity index (χ0v) is 13.6. The minimum Gasteiger partial charge on any atom is -0.457 e. The Bertz CT molecular complexity index is 336. The van der Waals surface area contributed by atoms with Crippen LogP contribution in [0.2, 0.25) is 18.1 Å². The number of rotatable bonds is 4. The monoisotopic (exact) mass is 290 g/mol. The van der Waals surface area contributed by atoms with Gasteiger partial charge in [-0.3, -0.25) is 0 Å². The molecule has 0 aliphatic carbocycles. The average molecular weight is 290 g/mol. The fourth-order valence-electron chi connectivity index (χ4n) is 1.81. The molecule has 0 radical (unpaired) electrons. The molecule has 1 aliphatic heterocycles. The highest BCUT2D eigenvalue weighted by molar-refractivity contribution is 6.74. The number of carbonyl (C=O) groups is 1. The van der Waals surface area contributed by atoms with Crippen molar-refractivity contribution in [3.05, 3.63) is 0 Å². The van der Waals surface area contributed by atoms with Crippen LogP contribution in [0.15, 0.2) is 0 Å². The van der Waals surface area contributed by atoms with Crippen molar-refractivity contribution >= 4 is 14.3 Å². The Hall–Kier alpha value is -0.433. The maximum atomic E-state index is 11.1. The second-order valence-corrected chi connectivity index (χ2v) is 11.6. The van der Waals surface area contributed by atoms with Gasteiger partial charge in [0, 0.05) is 6.42 Å². The van der Waals surface area contributed by atoms with Crippen molar-refractivity contribution in [2.45, 2.75) is 76.7 Å². The molecular weight excluding hydrogens is 264 g/mol. The van der Waals surface area contributed by atoms with Crippen LogP contribution >= 0.6 is 0 Å². The van der Waals surface area contributed by atoms with Crippen LogP contribution in [-0.4, -0.2) is 48.9 Å². The molecule has 0 aromatic heterocycles. The van der Waals surface area contributed by atoms with Crippen molar-refractivity contribution < 1.29 is 24.2 Å². The topological polar surface area (TPSA) is 76.0 Å². The maximum absolute atomic E-state index is 11.1. The molecular formula is C13H26O5Si. The fourth-order valence-corrected chi connectivity index (χ4v) is 3.24. The van der Waals surface area contributed by atoms with Gasteiger partial charge in [-0.25, -0.2) is 4.79 Å². The van der Waals surface area contributed by atoms with Crippen LogP contribution in [0.25, 0.3) is 0 Å². The standard InChI is InChI=1S/C13H26O5Si/c1-8(18-19(5,6)13(2,3)4)11(15)10-7-9(14)12(16)17-10/h8-11,14-15H,7H2,1-6H3/t8-,9+,10-,11-/m1/s1. The lowest BCUT2D eigenvalue weighted by Crippen LogP contribution is -2.48. The van der Waals surface area contributed by atoms with Gasteiger partial charge >= 0.3 is 5.97 Å². The summed E-state index contributed by atoms with van der Waals surface area (Å²) in [6, 6.07) is 0. The number of ether oxygens (including phenoxy) is 1. The van der Waals surface area contributed by atoms with Crippen molar-refractivity contribution in [1.82, 2.24) is 0 Å². The van der Waals surface area contributed by atoms with Gasteiger partial charge in [0.15, 0.2) is 14.4 Å². The fraction of sp³-hybridized carbons (Fsp3) is 0.923. The lowest BCUT2D eigenvalue weighted by atomic mass is 10.1. The molecule has 1 saturated heterocycles. The lowest BCUT2D eigenvalue weighted by molar-refractivity contribution is -0.152. The summed E-state index contributed by atoms with van der Waals surface area (Å²) in [5, 5.41) is 19.6. The number of hydrogen-bond donors (Lipinski definition) is 2. The second kappa shape index (κ2) is 5.52. The Balaban J connectivity index is 2.64. The van der Waals surface area contributed by atoms with E-state index in [4.69, 9.17) is 9.16 Å². The van der Waals surface area contributed by atoms with Gasteiger partial charge in [0.2, 0.25) is 0 Å². The molecule has 0 saturated carbocycles. The predicted molar refractivity (Wildman–Crippen MR) is 74.3 cm³/mol. The minimum atomic E-state index is -1.98. The Morgan fingerprint density at radius 1 is 1.42 bits per heavy atom. The van der Waals surface area contributed by atoms with E-state index in [9.17, 15) is 15.0 Å². The molecule has 0 spiro atoms. The zero-order chi connectivity index (χ0) is 15.0. The van der Waals surface area contributed by atoms with Gasteiger partial charge in [-0.15, -0.1) is 0 Å². The van der Waals surface area contributed by atoms with Crippen molar-refractivity contribution in [3.63, 3.8) is 0 Å². The zero-order valence-electron chi connectivity index (χ0n) is 12.6. The van der Waals surface area contributed by atoms with E-state index in [0.29, 0.717) is 0 Å². The first kappa shape index (κ1) is 16.6. The summed E-state index contributed by atoms with van der Waals surface area (Å²) in [5.41, 5.74) is 0. The van der Waals surface area contributed by atoms with Crippen molar-refractivity contribution in [3.8, 4) is 0 Å². The molecule has 0 amide bonds. The summed E-state index contributed by atoms with van der Waals surface area (Å²) in [5.74, 6) is -0.663. The molecule has 1 fully saturated rings. The molecule has 112 valence electrons. The summed E-state index contributed by atoms with van der Waals surface area (Å²) in [6.07, 6.45) is -3.01. The van der Waals surface area contributed by atoms with Gasteiger partial charge in [-0.1, -0.05) is 20.8 Å². The third-order valence-electron chi connectivity index (χ3n) is 4.14. The molecule has 5 nitrogen and oxygen atoms in total. The van der Waals surface area contributed by atoms with Gasteiger partial charge in [-0.05, 0) is 25.1 Å². The molecule has 4 atom stereocenters. The van der Waals surface area contributed by atoms with Gasteiger partial charge in [0.1, 0.15) is 12.2 Å². The highest BCUT2D eigenvalue weighted by Gasteiger charge is 2.43. The normalized spacial score (nSPS) is 28.1. The molecule has 6 heteroatoms. The number of carbonyl (C=O) groups excluding carboxylic acids is 1. The highest BCUT2D eigenvalue weighted by atomic mass is 28.4. The van der Waals surface area contributed by atoms with Gasteiger partial charge in [-0.2, -0.15) is 0 Å². The van der Waals surface area contributed by atoms with Gasteiger partial charge < -0.3 is 19.4 Å². The molecule has 2 N–H and O–H groups in total. The lowest BCUT2D eigenvalue weighted by Gasteiger charge is -2.40. The van der Waals surface area contributed by atoms with E-state index in [0.717, 1.165) is 0 Å². The molecule has 0 unspecified atom stereocenters. The summed E-state index contributed by atoms with van der Waals surface area (Å²) in [6.45, 7) is 12.4. The molecule has 0 bridgehead atoms. The molecule has 0 aromatic carbocycles. The van der Waals surface area contributed by atoms with Crippen molar-refractivity contribution in [2.24, 2.45) is 0 Å². The van der Waals surface area contributed by atoms with Crippen LogP contribution in [0.4, 0.5) is 0 Å². The highest BCUT2D eigenvalue weighted by Crippen LogP contribution is 2.38. The largest absolute Gasteiger partial charge is 0.457 e. The minimum absolute atomic E-state index is 0.0485. The Morgan fingerprint density at radius 2 is 1.95 bits per heavy atom. The van der Waals surface area contributed by atoms with Crippen LogP contribution in [0.1, 0.15) is 34.1 Å². The van der Waals surface area contributed by atoms with Crippen molar-refractivity contribution in [1.29, 1.82) is 0 Å². The number of cyclic esters (lactones) is 1. The van der Waals surface area contributed by atoms with E-state index >= 15 is 0 Å². The van der Waals surface area contributed by atoms with Crippen LogP contribution in [0.5, 0.6) is 0 Å². The predicted octanol–water partition coefficient (Wildman–Crippen LogP) is 1.43. The summed E-state index contributed by atoms with van der Waals surface area (Å²) in [7, 11) is -1.98. The number of aliphatic hydroxyl groups excluding tert-OH is 2. The first-order chi connectivity index (χ1) is 8.45. The van der Waals surface area contributed by atoms with Gasteiger partial charge in [0.05, 0.1) is 6.10 Å². The number of aliphatic hydroxyl groups is 2. The summed E-state index contributed by atoms with van der Waals surface area (Å²) < 4.78 is 11.0. The molecule has 19 heavy (non-hydrogen) atoms. The van der Waals surface area contributed by atoms with E-state index in [1.807, 2.05) is 0 Å². The van der Waals surface area contributed by atoms with E-state index in [-0.39, 0.29) is 11.5 Å². The quantitative estimate of drug-likeness (QED) is 0.605. The van der Waals surface area contributed by atoms with Crippen LogP contribution in [0.3, 0.4) is 0 Å². The van der Waals surface area contributed by atoms with E-state index in [1.54, 1.807) is 6.92 Å². The molecule has 0 aromatic rings. The second-order valence-electron chi connectivity index (χ2n) is 6.80. The third-order valence-corrected chi connectivity index (χ3v) is 8.72. The first-order valence-electron chi connectivity index (χ1n) is 6.70. The molecule has 1 rings (SSSR count). The average Bonchev–Trinajstić information content (AvgIpc) is 2.55. The van der Waals surface area contributed by atoms with E-state index < -0.39 is 38.7 Å². The van der Waals surface area contributed by atoms with E-state index in [2.05, 4.69) is 33.9 Å². The molecule has 1 heterocycles. The maximum Gasteiger partial charge on any atom is 0.335 e.